The number of carbonyl (C=O) groups excluding carboxylic acids is 2. The van der Waals surface area contributed by atoms with E-state index in [0.29, 0.717) is 0 Å². The van der Waals surface area contributed by atoms with E-state index in [4.69, 9.17) is 9.59 Å². The highest BCUT2D eigenvalue weighted by atomic mass is 16.1. The van der Waals surface area contributed by atoms with Gasteiger partial charge in [0, 0.05) is 17.8 Å². The first kappa shape index (κ1) is 13.0. The van der Waals surface area contributed by atoms with Gasteiger partial charge in [0.1, 0.15) is 13.6 Å². The Labute approximate surface area is 88.8 Å². The van der Waals surface area contributed by atoms with Crippen LogP contribution in [0, 0.1) is 6.92 Å². The second-order valence-electron chi connectivity index (χ2n) is 2.73. The van der Waals surface area contributed by atoms with Gasteiger partial charge in [-0.3, -0.25) is 4.98 Å². The van der Waals surface area contributed by atoms with Crippen LogP contribution in [0.4, 0.5) is 0 Å². The number of aryl methyl sites for hydroxylation is 1. The monoisotopic (exact) mass is 203 g/mol. The standard InChI is InChI=1S/C10H9N.2CH2O/c1-8-2-3-10-7-11-5-4-9(10)6-8;2*1-2/h2-7H,1H3;2*1H2. The van der Waals surface area contributed by atoms with E-state index in [1.807, 2.05) is 32.0 Å². The van der Waals surface area contributed by atoms with Crippen LogP contribution in [0.2, 0.25) is 0 Å². The van der Waals surface area contributed by atoms with Gasteiger partial charge in [-0.25, -0.2) is 0 Å². The predicted octanol–water partition coefficient (Wildman–Crippen LogP) is 2.17. The lowest BCUT2D eigenvalue weighted by atomic mass is 10.1. The van der Waals surface area contributed by atoms with Gasteiger partial charge < -0.3 is 9.59 Å². The summed E-state index contributed by atoms with van der Waals surface area (Å²) in [6.07, 6.45) is 3.70. The van der Waals surface area contributed by atoms with E-state index < -0.39 is 0 Å². The van der Waals surface area contributed by atoms with Crippen LogP contribution in [0.25, 0.3) is 10.8 Å². The molecule has 1 aromatic heterocycles. The Hall–Kier alpha value is -2.03. The molecule has 2 aromatic rings. The lowest BCUT2D eigenvalue weighted by molar-refractivity contribution is -0.0987. The Bertz CT molecular complexity index is 413. The van der Waals surface area contributed by atoms with Crippen molar-refractivity contribution in [2.45, 2.75) is 6.92 Å². The molecule has 0 aliphatic heterocycles. The normalized spacial score (nSPS) is 8.07. The summed E-state index contributed by atoms with van der Waals surface area (Å²) in [5.41, 5.74) is 1.30. The van der Waals surface area contributed by atoms with E-state index in [2.05, 4.69) is 30.1 Å². The van der Waals surface area contributed by atoms with E-state index in [1.165, 1.54) is 16.3 Å². The van der Waals surface area contributed by atoms with Crippen LogP contribution >= 0.6 is 0 Å². The fraction of sp³-hybridized carbons (Fsp3) is 0.0833. The molecule has 0 spiro atoms. The third-order valence-electron chi connectivity index (χ3n) is 1.80. The molecule has 1 aromatic carbocycles. The zero-order valence-corrected chi connectivity index (χ0v) is 8.64. The quantitative estimate of drug-likeness (QED) is 0.659. The van der Waals surface area contributed by atoms with Gasteiger partial charge in [-0.1, -0.05) is 23.8 Å². The Morgan fingerprint density at radius 2 is 1.67 bits per heavy atom. The first-order chi connectivity index (χ1) is 7.36. The molecule has 0 aliphatic rings. The van der Waals surface area contributed by atoms with Crippen molar-refractivity contribution in [1.82, 2.24) is 4.98 Å². The maximum Gasteiger partial charge on any atom is 0.106 e. The number of aromatic nitrogens is 1. The third kappa shape index (κ3) is 3.68. The molecule has 0 radical (unpaired) electrons. The van der Waals surface area contributed by atoms with Gasteiger partial charge >= 0.3 is 0 Å². The molecule has 78 valence electrons. The number of benzene rings is 1. The minimum atomic E-state index is 1.21. The number of pyridine rings is 1. The summed E-state index contributed by atoms with van der Waals surface area (Å²) in [4.78, 5) is 20.0. The van der Waals surface area contributed by atoms with Crippen molar-refractivity contribution >= 4 is 24.4 Å². The topological polar surface area (TPSA) is 47.0 Å². The molecule has 0 saturated carbocycles. The summed E-state index contributed by atoms with van der Waals surface area (Å²) in [5, 5.41) is 2.47. The van der Waals surface area contributed by atoms with E-state index in [1.54, 1.807) is 0 Å². The molecule has 0 amide bonds. The maximum absolute atomic E-state index is 8.00. The van der Waals surface area contributed by atoms with Gasteiger partial charge in [0.15, 0.2) is 0 Å². The zero-order valence-electron chi connectivity index (χ0n) is 8.64. The SMILES string of the molecule is C=O.C=O.Cc1ccc2cnccc2c1. The van der Waals surface area contributed by atoms with Crippen molar-refractivity contribution in [1.29, 1.82) is 0 Å². The van der Waals surface area contributed by atoms with E-state index in [9.17, 15) is 0 Å². The second kappa shape index (κ2) is 7.38. The second-order valence-corrected chi connectivity index (χ2v) is 2.73. The average molecular weight is 203 g/mol. The molecule has 15 heavy (non-hydrogen) atoms. The lowest BCUT2D eigenvalue weighted by Gasteiger charge is -1.96. The van der Waals surface area contributed by atoms with Crippen LogP contribution in [0.1, 0.15) is 5.56 Å². The molecule has 0 fully saturated rings. The van der Waals surface area contributed by atoms with Crippen molar-refractivity contribution in [3.63, 3.8) is 0 Å². The van der Waals surface area contributed by atoms with Crippen molar-refractivity contribution < 1.29 is 9.59 Å². The summed E-state index contributed by atoms with van der Waals surface area (Å²) < 4.78 is 0. The average Bonchev–Trinajstić information content (AvgIpc) is 2.34. The van der Waals surface area contributed by atoms with Crippen molar-refractivity contribution in [2.75, 3.05) is 0 Å². The summed E-state index contributed by atoms with van der Waals surface area (Å²) in [6.45, 7) is 6.10. The fourth-order valence-corrected chi connectivity index (χ4v) is 1.20. The van der Waals surface area contributed by atoms with E-state index >= 15 is 0 Å². The van der Waals surface area contributed by atoms with Gasteiger partial charge in [-0.15, -0.1) is 0 Å². The highest BCUT2D eigenvalue weighted by molar-refractivity contribution is 5.81. The van der Waals surface area contributed by atoms with Crippen LogP contribution in [-0.4, -0.2) is 18.6 Å². The Morgan fingerprint density at radius 1 is 1.00 bits per heavy atom. The van der Waals surface area contributed by atoms with Gasteiger partial charge in [-0.2, -0.15) is 0 Å². The van der Waals surface area contributed by atoms with Gasteiger partial charge in [0.25, 0.3) is 0 Å². The molecule has 2 rings (SSSR count). The van der Waals surface area contributed by atoms with Crippen LogP contribution in [0.15, 0.2) is 36.7 Å². The van der Waals surface area contributed by atoms with Gasteiger partial charge in [-0.05, 0) is 18.4 Å². The molecule has 3 nitrogen and oxygen atoms in total. The molecule has 3 heteroatoms. The number of fused-ring (bicyclic) bond motifs is 1. The first-order valence-electron chi connectivity index (χ1n) is 4.24. The van der Waals surface area contributed by atoms with Crippen molar-refractivity contribution in [3.05, 3.63) is 42.2 Å². The summed E-state index contributed by atoms with van der Waals surface area (Å²) in [7, 11) is 0. The fourth-order valence-electron chi connectivity index (χ4n) is 1.20. The molecule has 1 heterocycles. The van der Waals surface area contributed by atoms with Crippen LogP contribution in [-0.2, 0) is 9.59 Å². The number of hydrogen-bond acceptors (Lipinski definition) is 3. The smallest absolute Gasteiger partial charge is 0.106 e. The largest absolute Gasteiger partial charge is 0.307 e. The minimum Gasteiger partial charge on any atom is -0.307 e. The lowest BCUT2D eigenvalue weighted by Crippen LogP contribution is -1.75. The molecule has 0 aliphatic carbocycles. The Balaban J connectivity index is 0.000000442. The first-order valence-corrected chi connectivity index (χ1v) is 4.24. The molecular weight excluding hydrogens is 190 g/mol. The highest BCUT2D eigenvalue weighted by Gasteiger charge is 1.90. The van der Waals surface area contributed by atoms with Gasteiger partial charge in [0.05, 0.1) is 0 Å². The maximum atomic E-state index is 8.00. The molecule has 0 N–H and O–H groups in total. The van der Waals surface area contributed by atoms with Crippen molar-refractivity contribution in [3.8, 4) is 0 Å². The molecule has 0 bridgehead atoms. The summed E-state index contributed by atoms with van der Waals surface area (Å²) >= 11 is 0. The number of carbonyl (C=O) groups is 2. The molecule has 0 unspecified atom stereocenters. The predicted molar refractivity (Wildman–Crippen MR) is 60.7 cm³/mol. The number of hydrogen-bond donors (Lipinski definition) is 0. The molecule has 0 saturated heterocycles. The van der Waals surface area contributed by atoms with Crippen molar-refractivity contribution in [2.24, 2.45) is 0 Å². The summed E-state index contributed by atoms with van der Waals surface area (Å²) in [6, 6.07) is 8.39. The van der Waals surface area contributed by atoms with Gasteiger partial charge in [0.2, 0.25) is 0 Å². The minimum absolute atomic E-state index is 1.21. The van der Waals surface area contributed by atoms with E-state index in [0.717, 1.165) is 0 Å². The molecule has 0 atom stereocenters. The molecular formula is C12H13NO2. The van der Waals surface area contributed by atoms with Crippen LogP contribution in [0.5, 0.6) is 0 Å². The summed E-state index contributed by atoms with van der Waals surface area (Å²) in [5.74, 6) is 0. The Morgan fingerprint density at radius 3 is 2.33 bits per heavy atom. The third-order valence-corrected chi connectivity index (χ3v) is 1.80. The number of nitrogens with zero attached hydrogens (tertiary/aromatic N) is 1. The zero-order chi connectivity index (χ0) is 11.7. The van der Waals surface area contributed by atoms with E-state index in [-0.39, 0.29) is 0 Å². The number of rotatable bonds is 0. The van der Waals surface area contributed by atoms with Crippen LogP contribution < -0.4 is 0 Å². The highest BCUT2D eigenvalue weighted by Crippen LogP contribution is 2.12. The Kier molecular flexibility index (Phi) is 6.38. The van der Waals surface area contributed by atoms with Crippen LogP contribution in [0.3, 0.4) is 0 Å².